The third-order valence-corrected chi connectivity index (χ3v) is 2.65. The summed E-state index contributed by atoms with van der Waals surface area (Å²) in [7, 11) is 1.85. The van der Waals surface area contributed by atoms with Gasteiger partial charge in [-0.3, -0.25) is 0 Å². The molecule has 15 heavy (non-hydrogen) atoms. The van der Waals surface area contributed by atoms with E-state index in [1.54, 1.807) is 12.1 Å². The zero-order valence-corrected chi connectivity index (χ0v) is 9.42. The number of halogens is 2. The van der Waals surface area contributed by atoms with Crippen molar-refractivity contribution in [1.29, 1.82) is 5.26 Å². The Kier molecular flexibility index (Phi) is 3.93. The van der Waals surface area contributed by atoms with Crippen LogP contribution in [0.4, 0.5) is 10.1 Å². The molecule has 0 saturated carbocycles. The van der Waals surface area contributed by atoms with Gasteiger partial charge in [0.15, 0.2) is 0 Å². The second kappa shape index (κ2) is 4.99. The fourth-order valence-corrected chi connectivity index (χ4v) is 1.40. The molecule has 0 spiro atoms. The van der Waals surface area contributed by atoms with Crippen LogP contribution in [-0.2, 0) is 0 Å². The molecule has 1 atom stereocenters. The summed E-state index contributed by atoms with van der Waals surface area (Å²) < 4.78 is 12.9. The van der Waals surface area contributed by atoms with E-state index in [0.717, 1.165) is 5.69 Å². The Balaban J connectivity index is 2.87. The Labute approximate surface area is 93.9 Å². The predicted molar refractivity (Wildman–Crippen MR) is 59.5 cm³/mol. The number of hydrogen-bond donors (Lipinski definition) is 0. The van der Waals surface area contributed by atoms with Crippen LogP contribution in [0.15, 0.2) is 18.2 Å². The van der Waals surface area contributed by atoms with E-state index in [0.29, 0.717) is 6.42 Å². The van der Waals surface area contributed by atoms with Gasteiger partial charge in [0.05, 0.1) is 17.5 Å². The van der Waals surface area contributed by atoms with E-state index in [4.69, 9.17) is 16.9 Å². The van der Waals surface area contributed by atoms with Crippen LogP contribution in [0.5, 0.6) is 0 Å². The zero-order chi connectivity index (χ0) is 11.4. The maximum absolute atomic E-state index is 12.9. The summed E-state index contributed by atoms with van der Waals surface area (Å²) in [6.45, 7) is 1.93. The van der Waals surface area contributed by atoms with Gasteiger partial charge in [-0.05, 0) is 25.1 Å². The van der Waals surface area contributed by atoms with Gasteiger partial charge < -0.3 is 4.90 Å². The predicted octanol–water partition coefficient (Wildman–Crippen LogP) is 3.22. The first-order valence-corrected chi connectivity index (χ1v) is 4.99. The average molecular weight is 227 g/mol. The van der Waals surface area contributed by atoms with Crippen LogP contribution < -0.4 is 4.90 Å². The molecule has 1 unspecified atom stereocenters. The maximum atomic E-state index is 12.9. The van der Waals surface area contributed by atoms with Crippen molar-refractivity contribution in [2.45, 2.75) is 19.4 Å². The highest BCUT2D eigenvalue weighted by Gasteiger charge is 2.10. The molecule has 2 nitrogen and oxygen atoms in total. The number of nitriles is 1. The van der Waals surface area contributed by atoms with Gasteiger partial charge in [0.25, 0.3) is 0 Å². The van der Waals surface area contributed by atoms with Crippen molar-refractivity contribution in [3.05, 3.63) is 29.0 Å². The molecular weight excluding hydrogens is 215 g/mol. The third kappa shape index (κ3) is 2.84. The van der Waals surface area contributed by atoms with Crippen molar-refractivity contribution in [3.63, 3.8) is 0 Å². The van der Waals surface area contributed by atoms with E-state index >= 15 is 0 Å². The molecule has 0 saturated heterocycles. The Morgan fingerprint density at radius 1 is 1.60 bits per heavy atom. The standard InChI is InChI=1S/C11H12ClFN2/c1-8(5-6-14)15(2)9-3-4-11(13)10(12)7-9/h3-4,7-8H,5H2,1-2H3. The summed E-state index contributed by atoms with van der Waals surface area (Å²) in [5.41, 5.74) is 0.809. The highest BCUT2D eigenvalue weighted by molar-refractivity contribution is 6.31. The molecule has 80 valence electrons. The molecule has 0 aliphatic heterocycles. The summed E-state index contributed by atoms with van der Waals surface area (Å²) >= 11 is 5.67. The molecule has 4 heteroatoms. The summed E-state index contributed by atoms with van der Waals surface area (Å²) in [6.07, 6.45) is 0.422. The number of anilines is 1. The summed E-state index contributed by atoms with van der Waals surface area (Å²) in [6, 6.07) is 6.71. The number of rotatable bonds is 3. The lowest BCUT2D eigenvalue weighted by atomic mass is 10.2. The van der Waals surface area contributed by atoms with Gasteiger partial charge in [0.1, 0.15) is 5.82 Å². The Morgan fingerprint density at radius 2 is 2.27 bits per heavy atom. The number of benzene rings is 1. The SMILES string of the molecule is CC(CC#N)N(C)c1ccc(F)c(Cl)c1. The summed E-state index contributed by atoms with van der Waals surface area (Å²) in [4.78, 5) is 1.90. The largest absolute Gasteiger partial charge is 0.371 e. The first-order valence-electron chi connectivity index (χ1n) is 4.61. The molecule has 1 aromatic rings. The lowest BCUT2D eigenvalue weighted by Gasteiger charge is -2.25. The van der Waals surface area contributed by atoms with Crippen molar-refractivity contribution in [3.8, 4) is 6.07 Å². The molecule has 0 aliphatic rings. The average Bonchev–Trinajstić information content (AvgIpc) is 2.21. The molecule has 0 radical (unpaired) electrons. The van der Waals surface area contributed by atoms with E-state index in [1.807, 2.05) is 18.9 Å². The minimum absolute atomic E-state index is 0.0801. The van der Waals surface area contributed by atoms with Crippen LogP contribution in [0.1, 0.15) is 13.3 Å². The normalized spacial score (nSPS) is 11.9. The Morgan fingerprint density at radius 3 is 2.80 bits per heavy atom. The van der Waals surface area contributed by atoms with E-state index < -0.39 is 5.82 Å². The number of hydrogen-bond acceptors (Lipinski definition) is 2. The fraction of sp³-hybridized carbons (Fsp3) is 0.364. The topological polar surface area (TPSA) is 27.0 Å². The van der Waals surface area contributed by atoms with Crippen LogP contribution in [0, 0.1) is 17.1 Å². The second-order valence-corrected chi connectivity index (χ2v) is 3.83. The van der Waals surface area contributed by atoms with E-state index in [-0.39, 0.29) is 11.1 Å². The summed E-state index contributed by atoms with van der Waals surface area (Å²) in [5, 5.41) is 8.67. The molecule has 0 aliphatic carbocycles. The van der Waals surface area contributed by atoms with Gasteiger partial charge in [0, 0.05) is 18.8 Å². The molecule has 0 fully saturated rings. The van der Waals surface area contributed by atoms with Crippen molar-refractivity contribution in [2.24, 2.45) is 0 Å². The van der Waals surface area contributed by atoms with Crippen molar-refractivity contribution in [1.82, 2.24) is 0 Å². The third-order valence-electron chi connectivity index (χ3n) is 2.36. The highest BCUT2D eigenvalue weighted by atomic mass is 35.5. The zero-order valence-electron chi connectivity index (χ0n) is 8.67. The van der Waals surface area contributed by atoms with Gasteiger partial charge in [-0.25, -0.2) is 4.39 Å². The molecule has 1 aromatic carbocycles. The van der Waals surface area contributed by atoms with Crippen molar-refractivity contribution >= 4 is 17.3 Å². The van der Waals surface area contributed by atoms with Gasteiger partial charge >= 0.3 is 0 Å². The lowest BCUT2D eigenvalue weighted by molar-refractivity contribution is 0.627. The molecule has 0 amide bonds. The first-order chi connectivity index (χ1) is 7.06. The monoisotopic (exact) mass is 226 g/mol. The minimum atomic E-state index is -0.429. The van der Waals surface area contributed by atoms with Crippen molar-refractivity contribution in [2.75, 3.05) is 11.9 Å². The van der Waals surface area contributed by atoms with Crippen LogP contribution in [0.3, 0.4) is 0 Å². The van der Waals surface area contributed by atoms with Gasteiger partial charge in [-0.2, -0.15) is 5.26 Å². The Bertz CT molecular complexity index is 387. The van der Waals surface area contributed by atoms with E-state index in [1.165, 1.54) is 6.07 Å². The molecular formula is C11H12ClFN2. The lowest BCUT2D eigenvalue weighted by Crippen LogP contribution is -2.28. The maximum Gasteiger partial charge on any atom is 0.141 e. The highest BCUT2D eigenvalue weighted by Crippen LogP contribution is 2.23. The van der Waals surface area contributed by atoms with Gasteiger partial charge in [-0.15, -0.1) is 0 Å². The fourth-order valence-electron chi connectivity index (χ4n) is 1.23. The summed E-state index contributed by atoms with van der Waals surface area (Å²) in [5.74, 6) is -0.429. The van der Waals surface area contributed by atoms with Crippen LogP contribution in [0.2, 0.25) is 5.02 Å². The second-order valence-electron chi connectivity index (χ2n) is 3.42. The van der Waals surface area contributed by atoms with Crippen LogP contribution in [-0.4, -0.2) is 13.1 Å². The van der Waals surface area contributed by atoms with Crippen LogP contribution >= 0.6 is 11.6 Å². The van der Waals surface area contributed by atoms with E-state index in [9.17, 15) is 4.39 Å². The molecule has 0 aromatic heterocycles. The quantitative estimate of drug-likeness (QED) is 0.791. The van der Waals surface area contributed by atoms with Gasteiger partial charge in [-0.1, -0.05) is 11.6 Å². The Hall–Kier alpha value is -1.27. The molecule has 0 N–H and O–H groups in total. The van der Waals surface area contributed by atoms with E-state index in [2.05, 4.69) is 6.07 Å². The minimum Gasteiger partial charge on any atom is -0.371 e. The van der Waals surface area contributed by atoms with Crippen molar-refractivity contribution < 1.29 is 4.39 Å². The van der Waals surface area contributed by atoms with Gasteiger partial charge in [0.2, 0.25) is 0 Å². The smallest absolute Gasteiger partial charge is 0.141 e. The molecule has 0 heterocycles. The van der Waals surface area contributed by atoms with Crippen LogP contribution in [0.25, 0.3) is 0 Å². The first kappa shape index (κ1) is 11.8. The molecule has 0 bridgehead atoms. The molecule has 1 rings (SSSR count). The number of nitrogens with zero attached hydrogens (tertiary/aromatic N) is 2.